The Bertz CT molecular complexity index is 2310. The van der Waals surface area contributed by atoms with Crippen molar-refractivity contribution in [1.29, 1.82) is 0 Å². The first kappa shape index (κ1) is 45.1. The molecule has 2 heterocycles. The van der Waals surface area contributed by atoms with Crippen molar-refractivity contribution in [2.45, 2.75) is 23.6 Å². The van der Waals surface area contributed by atoms with Gasteiger partial charge >= 0.3 is 0 Å². The maximum Gasteiger partial charge on any atom is 0.291 e. The molecule has 0 spiro atoms. The van der Waals surface area contributed by atoms with Gasteiger partial charge in [-0.15, -0.1) is 0 Å². The molecule has 2 aliphatic rings. The zero-order valence-electron chi connectivity index (χ0n) is 32.6. The maximum absolute atomic E-state index is 13.3. The Hall–Kier alpha value is -5.45. The fourth-order valence-electron chi connectivity index (χ4n) is 7.12. The number of hydrogen-bond donors (Lipinski definition) is 0. The molecule has 14 nitrogen and oxygen atoms in total. The topological polar surface area (TPSA) is 168 Å². The summed E-state index contributed by atoms with van der Waals surface area (Å²) in [6, 6.07) is 14.8. The summed E-state index contributed by atoms with van der Waals surface area (Å²) in [5, 5.41) is 27.0. The zero-order valence-corrected chi connectivity index (χ0v) is 36.4. The van der Waals surface area contributed by atoms with Crippen LogP contribution in [-0.4, -0.2) is 105 Å². The van der Waals surface area contributed by atoms with Crippen LogP contribution in [0.25, 0.3) is 34.4 Å². The summed E-state index contributed by atoms with van der Waals surface area (Å²) in [5.41, 5.74) is 0.274. The average Bonchev–Trinajstić information content (AvgIpc) is 3.21. The molecule has 0 aliphatic carbocycles. The molecule has 6 rings (SSSR count). The molecule has 4 amide bonds. The summed E-state index contributed by atoms with van der Waals surface area (Å²) >= 11 is 26.3. The van der Waals surface area contributed by atoms with Crippen LogP contribution in [0.15, 0.2) is 82.6 Å². The first-order chi connectivity index (χ1) is 29.0. The van der Waals surface area contributed by atoms with Crippen molar-refractivity contribution in [1.82, 2.24) is 19.6 Å². The molecule has 0 bridgehead atoms. The third kappa shape index (κ3) is 10.7. The molecule has 0 unspecified atom stereocenters. The van der Waals surface area contributed by atoms with Crippen LogP contribution in [0.3, 0.4) is 0 Å². The monoisotopic (exact) mass is 924 g/mol. The quantitative estimate of drug-likeness (QED) is 0.0857. The highest BCUT2D eigenvalue weighted by Crippen LogP contribution is 2.49. The van der Waals surface area contributed by atoms with E-state index >= 15 is 0 Å². The Morgan fingerprint density at radius 2 is 0.852 bits per heavy atom. The van der Waals surface area contributed by atoms with E-state index in [-0.39, 0.29) is 86.9 Å². The number of amides is 4. The van der Waals surface area contributed by atoms with E-state index in [4.69, 9.17) is 46.4 Å². The van der Waals surface area contributed by atoms with Gasteiger partial charge in [-0.05, 0) is 82.9 Å². The number of hydrogen-bond acceptors (Lipinski definition) is 9. The second kappa shape index (κ2) is 19.5. The number of carbonyl (C=O) groups excluding carboxylic acids is 4. The van der Waals surface area contributed by atoms with Gasteiger partial charge < -0.3 is 19.6 Å². The summed E-state index contributed by atoms with van der Waals surface area (Å²) < 4.78 is 0. The first-order valence-electron chi connectivity index (χ1n) is 18.7. The molecular weight excluding hydrogens is 890 g/mol. The van der Waals surface area contributed by atoms with Crippen molar-refractivity contribution >= 4 is 105 Å². The summed E-state index contributed by atoms with van der Waals surface area (Å²) in [6.45, 7) is 5.62. The van der Waals surface area contributed by atoms with Gasteiger partial charge in [-0.3, -0.25) is 39.4 Å². The molecule has 2 aliphatic heterocycles. The lowest BCUT2D eigenvalue weighted by molar-refractivity contribution is -0.387. The summed E-state index contributed by atoms with van der Waals surface area (Å²) in [5.74, 6) is -0.915. The van der Waals surface area contributed by atoms with E-state index in [1.807, 2.05) is 0 Å². The van der Waals surface area contributed by atoms with Crippen LogP contribution in [0.5, 0.6) is 0 Å². The van der Waals surface area contributed by atoms with E-state index in [9.17, 15) is 39.4 Å². The lowest BCUT2D eigenvalue weighted by Crippen LogP contribution is -2.49. The Morgan fingerprint density at radius 3 is 1.15 bits per heavy atom. The van der Waals surface area contributed by atoms with E-state index < -0.39 is 21.2 Å². The van der Waals surface area contributed by atoms with Crippen LogP contribution < -0.4 is 0 Å². The molecule has 4 aromatic rings. The molecule has 4 aromatic carbocycles. The van der Waals surface area contributed by atoms with Gasteiger partial charge in [0.05, 0.1) is 30.8 Å². The lowest BCUT2D eigenvalue weighted by Gasteiger charge is -2.33. The van der Waals surface area contributed by atoms with Crippen molar-refractivity contribution < 1.29 is 29.0 Å². The molecule has 0 atom stereocenters. The molecule has 0 saturated carbocycles. The highest BCUT2D eigenvalue weighted by molar-refractivity contribution is 7.99. The van der Waals surface area contributed by atoms with Crippen LogP contribution in [0, 0.1) is 20.2 Å². The minimum atomic E-state index is -0.616. The normalized spacial score (nSPS) is 14.5. The molecule has 61 heavy (non-hydrogen) atoms. The number of carbonyl (C=O) groups is 4. The predicted molar refractivity (Wildman–Crippen MR) is 237 cm³/mol. The number of nitrogens with zero attached hydrogens (tertiary/aromatic N) is 6. The van der Waals surface area contributed by atoms with Crippen LogP contribution in [0.1, 0.15) is 25.0 Å². The lowest BCUT2D eigenvalue weighted by atomic mass is 9.97. The van der Waals surface area contributed by atoms with Crippen LogP contribution >= 0.6 is 58.2 Å². The molecule has 2 saturated heterocycles. The fraction of sp³-hybridized carbons (Fsp3) is 0.238. The average molecular weight is 927 g/mol. The second-order valence-corrected chi connectivity index (χ2v) is 16.8. The van der Waals surface area contributed by atoms with Gasteiger partial charge in [-0.1, -0.05) is 70.3 Å². The zero-order chi connectivity index (χ0) is 44.1. The van der Waals surface area contributed by atoms with Crippen molar-refractivity contribution in [2.24, 2.45) is 0 Å². The largest absolute Gasteiger partial charge is 0.339 e. The minimum absolute atomic E-state index is 0.0151. The Kier molecular flexibility index (Phi) is 14.4. The number of halogens is 4. The number of piperazine rings is 2. The molecule has 0 radical (unpaired) electrons. The van der Waals surface area contributed by atoms with Crippen molar-refractivity contribution in [3.8, 4) is 22.3 Å². The fourth-order valence-corrected chi connectivity index (χ4v) is 9.23. The highest BCUT2D eigenvalue weighted by Gasteiger charge is 2.31. The summed E-state index contributed by atoms with van der Waals surface area (Å²) in [6.07, 6.45) is 5.48. The molecule has 316 valence electrons. The van der Waals surface area contributed by atoms with E-state index in [1.165, 1.54) is 86.7 Å². The van der Waals surface area contributed by atoms with Crippen LogP contribution in [0.4, 0.5) is 11.4 Å². The van der Waals surface area contributed by atoms with E-state index in [0.717, 1.165) is 11.8 Å². The molecule has 19 heteroatoms. The third-order valence-corrected chi connectivity index (χ3v) is 12.1. The van der Waals surface area contributed by atoms with Gasteiger partial charge in [0.2, 0.25) is 23.6 Å². The Balaban J connectivity index is 1.45. The van der Waals surface area contributed by atoms with E-state index in [2.05, 4.69) is 0 Å². The maximum atomic E-state index is 13.3. The number of rotatable bonds is 10. The van der Waals surface area contributed by atoms with Gasteiger partial charge in [0, 0.05) is 98.4 Å². The SMILES string of the molecule is CC(=O)N1CCN(C(=O)C=Cc2ccc(Sc3ccc(C=CC(=O)N4CCN(C(C)=O)CC4)c(-c4cc(Cl)cc(Cl)c4)c3[N+](=O)[O-])c([N+](=O)[O-])c2-c2cc(Cl)cc(Cl)c2)CC1. The predicted octanol–water partition coefficient (Wildman–Crippen LogP) is 9.01. The standard InChI is InChI=1S/C42H36Cl4N6O8S/c1-25(53)47-11-15-49(16-12-47)37(55)9-5-27-3-7-35(41(51(57)58)39(27)29-19-31(43)23-32(44)20-29)61-36-8-4-28(6-10-38(56)50-17-13-48(14-18-50)26(2)54)40(42(36)52(59)60)30-21-33(45)24-34(46)22-30/h3-10,19-24H,11-18H2,1-2H3. The van der Waals surface area contributed by atoms with Crippen molar-refractivity contribution in [2.75, 3.05) is 52.4 Å². The third-order valence-electron chi connectivity index (χ3n) is 10.1. The smallest absolute Gasteiger partial charge is 0.291 e. The Morgan fingerprint density at radius 1 is 0.541 bits per heavy atom. The van der Waals surface area contributed by atoms with Gasteiger partial charge in [-0.25, -0.2) is 0 Å². The number of benzene rings is 4. The number of nitro benzene ring substituents is 2. The van der Waals surface area contributed by atoms with Crippen molar-refractivity contribution in [3.05, 3.63) is 124 Å². The van der Waals surface area contributed by atoms with Gasteiger partial charge in [0.1, 0.15) is 0 Å². The van der Waals surface area contributed by atoms with Gasteiger partial charge in [0.15, 0.2) is 0 Å². The van der Waals surface area contributed by atoms with E-state index in [1.54, 1.807) is 31.7 Å². The van der Waals surface area contributed by atoms with Gasteiger partial charge in [-0.2, -0.15) is 0 Å². The van der Waals surface area contributed by atoms with Crippen molar-refractivity contribution in [3.63, 3.8) is 0 Å². The summed E-state index contributed by atoms with van der Waals surface area (Å²) in [4.78, 5) is 81.6. The van der Waals surface area contributed by atoms with E-state index in [0.29, 0.717) is 52.4 Å². The Labute approximate surface area is 374 Å². The second-order valence-electron chi connectivity index (χ2n) is 14.0. The first-order valence-corrected chi connectivity index (χ1v) is 21.0. The van der Waals surface area contributed by atoms with Crippen LogP contribution in [0.2, 0.25) is 20.1 Å². The number of nitro groups is 2. The molecular formula is C42H36Cl4N6O8S. The summed E-state index contributed by atoms with van der Waals surface area (Å²) in [7, 11) is 0. The molecule has 0 aromatic heterocycles. The molecule has 2 fully saturated rings. The minimum Gasteiger partial charge on any atom is -0.339 e. The van der Waals surface area contributed by atoms with Gasteiger partial charge in [0.25, 0.3) is 11.4 Å². The van der Waals surface area contributed by atoms with Crippen LogP contribution in [-0.2, 0) is 19.2 Å². The molecule has 0 N–H and O–H groups in total. The highest BCUT2D eigenvalue weighted by atomic mass is 35.5.